The average Bonchev–Trinajstić information content (AvgIpc) is 2.69. The Bertz CT molecular complexity index is 851. The van der Waals surface area contributed by atoms with Crippen LogP contribution in [0.15, 0.2) is 53.4 Å². The number of hydrogen-bond acceptors (Lipinski definition) is 4. The van der Waals surface area contributed by atoms with Gasteiger partial charge < -0.3 is 9.64 Å². The van der Waals surface area contributed by atoms with Crippen LogP contribution in [0.3, 0.4) is 0 Å². The molecule has 27 heavy (non-hydrogen) atoms. The molecule has 0 bridgehead atoms. The third kappa shape index (κ3) is 5.02. The Kier molecular flexibility index (Phi) is 6.76. The number of nitrogens with zero attached hydrogens (tertiary/aromatic N) is 2. The normalized spacial score (nSPS) is 16.4. The van der Waals surface area contributed by atoms with E-state index in [0.29, 0.717) is 23.9 Å². The van der Waals surface area contributed by atoms with Crippen LogP contribution in [0.4, 0.5) is 0 Å². The lowest BCUT2D eigenvalue weighted by atomic mass is 10.1. The molecule has 0 radical (unpaired) electrons. The quantitative estimate of drug-likeness (QED) is 0.705. The average molecular weight is 409 g/mol. The summed E-state index contributed by atoms with van der Waals surface area (Å²) >= 11 is 6.00. The fraction of sp³-hybridized carbons (Fsp3) is 0.400. The summed E-state index contributed by atoms with van der Waals surface area (Å²) in [4.78, 5) is 2.46. The molecule has 1 aliphatic rings. The second kappa shape index (κ2) is 9.06. The first kappa shape index (κ1) is 20.1. The van der Waals surface area contributed by atoms with Gasteiger partial charge in [-0.3, -0.25) is 0 Å². The number of benzene rings is 2. The van der Waals surface area contributed by atoms with E-state index < -0.39 is 10.0 Å². The van der Waals surface area contributed by atoms with Crippen LogP contribution in [0.1, 0.15) is 12.0 Å². The van der Waals surface area contributed by atoms with Crippen molar-refractivity contribution in [3.63, 3.8) is 0 Å². The molecule has 2 aromatic carbocycles. The molecule has 1 saturated heterocycles. The number of aryl methyl sites for hydroxylation is 1. The van der Waals surface area contributed by atoms with Crippen LogP contribution in [0, 0.1) is 0 Å². The fourth-order valence-corrected chi connectivity index (χ4v) is 5.18. The van der Waals surface area contributed by atoms with Gasteiger partial charge in [-0.05, 0) is 43.1 Å². The first-order valence-electron chi connectivity index (χ1n) is 9.10. The molecule has 3 rings (SSSR count). The number of methoxy groups -OCH3 is 1. The largest absolute Gasteiger partial charge is 0.495 e. The van der Waals surface area contributed by atoms with Crippen molar-refractivity contribution in [3.8, 4) is 5.75 Å². The van der Waals surface area contributed by atoms with Crippen LogP contribution in [0.25, 0.3) is 0 Å². The van der Waals surface area contributed by atoms with Gasteiger partial charge in [-0.25, -0.2) is 8.42 Å². The van der Waals surface area contributed by atoms with E-state index in [9.17, 15) is 8.42 Å². The Morgan fingerprint density at radius 1 is 1.04 bits per heavy atom. The minimum atomic E-state index is -3.62. The van der Waals surface area contributed by atoms with Crippen LogP contribution in [-0.4, -0.2) is 57.5 Å². The Balaban J connectivity index is 1.56. The first-order valence-corrected chi connectivity index (χ1v) is 10.9. The summed E-state index contributed by atoms with van der Waals surface area (Å²) in [6.45, 7) is 3.39. The third-order valence-electron chi connectivity index (χ3n) is 4.86. The van der Waals surface area contributed by atoms with Crippen LogP contribution in [0.5, 0.6) is 5.75 Å². The summed E-state index contributed by atoms with van der Waals surface area (Å²) in [6.07, 6.45) is 2.11. The van der Waals surface area contributed by atoms with Gasteiger partial charge in [0.15, 0.2) is 0 Å². The molecule has 1 heterocycles. The fourth-order valence-electron chi connectivity index (χ4n) is 3.34. The minimum absolute atomic E-state index is 0.134. The number of ether oxygens (including phenoxy) is 1. The van der Waals surface area contributed by atoms with Gasteiger partial charge in [0.1, 0.15) is 10.6 Å². The van der Waals surface area contributed by atoms with Crippen LogP contribution in [-0.2, 0) is 16.4 Å². The lowest BCUT2D eigenvalue weighted by Crippen LogP contribution is -2.48. The van der Waals surface area contributed by atoms with E-state index in [1.807, 2.05) is 6.07 Å². The molecule has 1 aliphatic heterocycles. The van der Waals surface area contributed by atoms with Crippen LogP contribution in [0.2, 0.25) is 5.02 Å². The third-order valence-corrected chi connectivity index (χ3v) is 7.01. The lowest BCUT2D eigenvalue weighted by molar-refractivity contribution is 0.186. The zero-order chi connectivity index (χ0) is 19.3. The second-order valence-electron chi connectivity index (χ2n) is 6.63. The predicted molar refractivity (Wildman–Crippen MR) is 108 cm³/mol. The van der Waals surface area contributed by atoms with Crippen molar-refractivity contribution in [2.45, 2.75) is 17.7 Å². The van der Waals surface area contributed by atoms with Crippen molar-refractivity contribution in [1.82, 2.24) is 9.21 Å². The molecule has 0 unspecified atom stereocenters. The molecule has 1 fully saturated rings. The molecule has 0 spiro atoms. The first-order chi connectivity index (χ1) is 13.0. The highest BCUT2D eigenvalue weighted by Crippen LogP contribution is 2.30. The summed E-state index contributed by atoms with van der Waals surface area (Å²) in [6, 6.07) is 15.1. The molecule has 2 aromatic rings. The molecular formula is C20H25ClN2O3S. The zero-order valence-corrected chi connectivity index (χ0v) is 17.0. The highest BCUT2D eigenvalue weighted by Gasteiger charge is 2.30. The molecule has 0 amide bonds. The lowest BCUT2D eigenvalue weighted by Gasteiger charge is -2.34. The maximum Gasteiger partial charge on any atom is 0.246 e. The van der Waals surface area contributed by atoms with Gasteiger partial charge in [-0.1, -0.05) is 41.9 Å². The van der Waals surface area contributed by atoms with E-state index in [4.69, 9.17) is 16.3 Å². The number of piperazine rings is 1. The van der Waals surface area contributed by atoms with Gasteiger partial charge in [-0.2, -0.15) is 4.31 Å². The Labute approximate surface area is 166 Å². The van der Waals surface area contributed by atoms with Crippen molar-refractivity contribution in [2.75, 3.05) is 39.8 Å². The Morgan fingerprint density at radius 2 is 1.74 bits per heavy atom. The summed E-state index contributed by atoms with van der Waals surface area (Å²) in [5.74, 6) is 0.324. The molecule has 0 saturated carbocycles. The minimum Gasteiger partial charge on any atom is -0.495 e. The molecule has 0 N–H and O–H groups in total. The number of rotatable bonds is 7. The maximum absolute atomic E-state index is 13.0. The number of halogens is 1. The van der Waals surface area contributed by atoms with Crippen molar-refractivity contribution >= 4 is 21.6 Å². The highest BCUT2D eigenvalue weighted by molar-refractivity contribution is 7.89. The molecular weight excluding hydrogens is 384 g/mol. The number of hydrogen-bond donors (Lipinski definition) is 0. The van der Waals surface area contributed by atoms with Crippen molar-refractivity contribution in [3.05, 3.63) is 59.1 Å². The molecule has 146 valence electrons. The smallest absolute Gasteiger partial charge is 0.246 e. The number of sulfonamides is 1. The molecule has 0 atom stereocenters. The Hall–Kier alpha value is -1.60. The van der Waals surface area contributed by atoms with Gasteiger partial charge in [0, 0.05) is 31.2 Å². The van der Waals surface area contributed by atoms with Gasteiger partial charge >= 0.3 is 0 Å². The van der Waals surface area contributed by atoms with E-state index >= 15 is 0 Å². The van der Waals surface area contributed by atoms with Gasteiger partial charge in [0.2, 0.25) is 10.0 Å². The molecule has 0 aliphatic carbocycles. The zero-order valence-electron chi connectivity index (χ0n) is 15.5. The van der Waals surface area contributed by atoms with E-state index in [2.05, 4.69) is 29.2 Å². The van der Waals surface area contributed by atoms with Crippen LogP contribution >= 0.6 is 11.6 Å². The van der Waals surface area contributed by atoms with Gasteiger partial charge in [-0.15, -0.1) is 0 Å². The van der Waals surface area contributed by atoms with Crippen molar-refractivity contribution in [2.24, 2.45) is 0 Å². The molecule has 5 nitrogen and oxygen atoms in total. The standard InChI is InChI=1S/C20H25ClN2O3S/c1-26-19-10-9-18(21)16-20(19)27(24,25)23-14-12-22(13-15-23)11-5-8-17-6-3-2-4-7-17/h2-4,6-7,9-10,16H,5,8,11-15H2,1H3. The van der Waals surface area contributed by atoms with Gasteiger partial charge in [0.05, 0.1) is 7.11 Å². The summed E-state index contributed by atoms with van der Waals surface area (Å²) < 4.78 is 32.7. The van der Waals surface area contributed by atoms with Gasteiger partial charge in [0.25, 0.3) is 0 Å². The van der Waals surface area contributed by atoms with Crippen molar-refractivity contribution < 1.29 is 13.2 Å². The topological polar surface area (TPSA) is 49.9 Å². The maximum atomic E-state index is 13.0. The second-order valence-corrected chi connectivity index (χ2v) is 8.97. The van der Waals surface area contributed by atoms with E-state index in [0.717, 1.165) is 32.5 Å². The summed E-state index contributed by atoms with van der Waals surface area (Å²) in [7, 11) is -2.15. The monoisotopic (exact) mass is 408 g/mol. The molecule has 0 aromatic heterocycles. The SMILES string of the molecule is COc1ccc(Cl)cc1S(=O)(=O)N1CCN(CCCc2ccccc2)CC1. The highest BCUT2D eigenvalue weighted by atomic mass is 35.5. The summed E-state index contributed by atoms with van der Waals surface area (Å²) in [5.41, 5.74) is 1.34. The summed E-state index contributed by atoms with van der Waals surface area (Å²) in [5, 5.41) is 0.383. The van der Waals surface area contributed by atoms with Crippen LogP contribution < -0.4 is 4.74 Å². The Morgan fingerprint density at radius 3 is 2.41 bits per heavy atom. The molecule has 7 heteroatoms. The van der Waals surface area contributed by atoms with E-state index in [1.54, 1.807) is 12.1 Å². The van der Waals surface area contributed by atoms with Crippen molar-refractivity contribution in [1.29, 1.82) is 0 Å². The predicted octanol–water partition coefficient (Wildman–Crippen LogP) is 3.29. The van der Waals surface area contributed by atoms with E-state index in [1.165, 1.54) is 23.0 Å². The van der Waals surface area contributed by atoms with E-state index in [-0.39, 0.29) is 4.90 Å².